The molecule has 0 saturated heterocycles. The Morgan fingerprint density at radius 1 is 0.404 bits per heavy atom. The molecular formula is C54H37N3. The largest absolute Gasteiger partial charge is 0.317 e. The molecule has 0 aliphatic heterocycles. The summed E-state index contributed by atoms with van der Waals surface area (Å²) < 4.78 is 4.75. The van der Waals surface area contributed by atoms with E-state index < -0.39 is 0 Å². The molecular weight excluding hydrogens is 691 g/mol. The third-order valence-corrected chi connectivity index (χ3v) is 11.5. The minimum absolute atomic E-state index is 1.05. The van der Waals surface area contributed by atoms with Crippen LogP contribution >= 0.6 is 0 Å². The molecule has 0 aliphatic rings. The molecule has 3 nitrogen and oxygen atoms in total. The highest BCUT2D eigenvalue weighted by Gasteiger charge is 2.17. The van der Waals surface area contributed by atoms with E-state index in [0.717, 1.165) is 33.4 Å². The van der Waals surface area contributed by atoms with E-state index in [9.17, 15) is 0 Å². The van der Waals surface area contributed by atoms with Gasteiger partial charge in [-0.15, -0.1) is 0 Å². The van der Waals surface area contributed by atoms with Crippen molar-refractivity contribution in [3.05, 3.63) is 217 Å². The number of hydrogen-bond donors (Lipinski definition) is 0. The third-order valence-electron chi connectivity index (χ3n) is 11.5. The van der Waals surface area contributed by atoms with E-state index in [4.69, 9.17) is 0 Å². The van der Waals surface area contributed by atoms with Crippen LogP contribution in [0.4, 0.5) is 11.4 Å². The zero-order valence-corrected chi connectivity index (χ0v) is 31.3. The van der Waals surface area contributed by atoms with Crippen LogP contribution in [0.2, 0.25) is 0 Å². The quantitative estimate of drug-likeness (QED) is 0.159. The molecule has 11 rings (SSSR count). The van der Waals surface area contributed by atoms with Crippen LogP contribution < -0.4 is 10.1 Å². The van der Waals surface area contributed by atoms with Crippen LogP contribution in [0.15, 0.2) is 206 Å². The molecule has 0 amide bonds. The fourth-order valence-corrected chi connectivity index (χ4v) is 8.77. The van der Waals surface area contributed by atoms with E-state index in [2.05, 4.69) is 233 Å². The molecule has 0 radical (unpaired) electrons. The van der Waals surface area contributed by atoms with Crippen molar-refractivity contribution in [2.45, 2.75) is 0 Å². The van der Waals surface area contributed by atoms with Gasteiger partial charge in [-0.25, -0.2) is 0 Å². The molecule has 0 bridgehead atoms. The zero-order chi connectivity index (χ0) is 37.9. The van der Waals surface area contributed by atoms with Gasteiger partial charge in [-0.3, -0.25) is 0 Å². The predicted molar refractivity (Wildman–Crippen MR) is 242 cm³/mol. The number of fused-ring (bicyclic) bond motifs is 8. The Morgan fingerprint density at radius 2 is 0.895 bits per heavy atom. The van der Waals surface area contributed by atoms with Gasteiger partial charge in [0, 0.05) is 55.6 Å². The van der Waals surface area contributed by atoms with Crippen molar-refractivity contribution in [3.63, 3.8) is 0 Å². The third kappa shape index (κ3) is 5.36. The number of benzene rings is 8. The summed E-state index contributed by atoms with van der Waals surface area (Å²) in [4.78, 5) is 2.29. The zero-order valence-electron chi connectivity index (χ0n) is 31.3. The van der Waals surface area contributed by atoms with Crippen LogP contribution in [-0.2, 0) is 0 Å². The molecule has 0 spiro atoms. The molecule has 11 aromatic rings. The summed E-state index contributed by atoms with van der Waals surface area (Å²) in [6.45, 7) is 4.60. The summed E-state index contributed by atoms with van der Waals surface area (Å²) >= 11 is 0. The van der Waals surface area contributed by atoms with Crippen LogP contribution in [0.1, 0.15) is 5.56 Å². The fraction of sp³-hybridized carbons (Fsp3) is 0. The van der Waals surface area contributed by atoms with Crippen LogP contribution in [0.25, 0.3) is 89.7 Å². The monoisotopic (exact) mass is 727 g/mol. The molecule has 3 heterocycles. The van der Waals surface area contributed by atoms with Gasteiger partial charge < -0.3 is 13.9 Å². The van der Waals surface area contributed by atoms with Crippen LogP contribution in [0, 0.1) is 0 Å². The second kappa shape index (κ2) is 13.3. The van der Waals surface area contributed by atoms with Gasteiger partial charge in [-0.05, 0) is 89.0 Å². The van der Waals surface area contributed by atoms with Crippen molar-refractivity contribution in [2.24, 2.45) is 0 Å². The van der Waals surface area contributed by atoms with Crippen molar-refractivity contribution in [3.8, 4) is 27.9 Å². The van der Waals surface area contributed by atoms with Gasteiger partial charge in [0.25, 0.3) is 0 Å². The Bertz CT molecular complexity index is 3340. The first-order valence-corrected chi connectivity index (χ1v) is 19.5. The lowest BCUT2D eigenvalue weighted by Crippen LogP contribution is -2.08. The molecule has 0 saturated carbocycles. The summed E-state index contributed by atoms with van der Waals surface area (Å²) in [6.07, 6.45) is 4.48. The SMILES string of the molecule is C=c1c2ccccc2n2c1c(C=CN(c1ccc(-c3ccccc3)cc1)c1ccc(-c3ccc4c5ccccc5n(-c5ccccc5)c4c3)cc1)c1ccccc12. The fourth-order valence-electron chi connectivity index (χ4n) is 8.77. The van der Waals surface area contributed by atoms with E-state index in [1.54, 1.807) is 0 Å². The first-order chi connectivity index (χ1) is 28.2. The van der Waals surface area contributed by atoms with Crippen molar-refractivity contribution in [2.75, 3.05) is 4.90 Å². The summed E-state index contributed by atoms with van der Waals surface area (Å²) in [5.41, 5.74) is 15.1. The Balaban J connectivity index is 1.03. The van der Waals surface area contributed by atoms with Crippen molar-refractivity contribution in [1.82, 2.24) is 8.97 Å². The normalized spacial score (nSPS) is 11.9. The number of nitrogens with zero attached hydrogens (tertiary/aromatic N) is 3. The van der Waals surface area contributed by atoms with Crippen LogP contribution in [0.3, 0.4) is 0 Å². The average Bonchev–Trinajstić information content (AvgIpc) is 3.90. The minimum atomic E-state index is 1.05. The van der Waals surface area contributed by atoms with Gasteiger partial charge in [0.2, 0.25) is 0 Å². The molecule has 3 heteroatoms. The van der Waals surface area contributed by atoms with E-state index in [1.165, 1.54) is 65.9 Å². The van der Waals surface area contributed by atoms with E-state index >= 15 is 0 Å². The highest BCUT2D eigenvalue weighted by atomic mass is 15.1. The first-order valence-electron chi connectivity index (χ1n) is 19.5. The smallest absolute Gasteiger partial charge is 0.0615 e. The average molecular weight is 728 g/mol. The summed E-state index contributed by atoms with van der Waals surface area (Å²) in [7, 11) is 0. The van der Waals surface area contributed by atoms with Gasteiger partial charge in [-0.1, -0.05) is 146 Å². The topological polar surface area (TPSA) is 12.6 Å². The van der Waals surface area contributed by atoms with E-state index in [-0.39, 0.29) is 0 Å². The predicted octanol–water partition coefficient (Wildman–Crippen LogP) is 13.6. The Morgan fingerprint density at radius 3 is 1.58 bits per heavy atom. The van der Waals surface area contributed by atoms with Crippen LogP contribution in [0.5, 0.6) is 0 Å². The molecule has 0 aliphatic carbocycles. The lowest BCUT2D eigenvalue weighted by Gasteiger charge is -2.22. The van der Waals surface area contributed by atoms with Crippen molar-refractivity contribution in [1.29, 1.82) is 0 Å². The Hall–Kier alpha value is -7.62. The number of rotatable bonds is 7. The number of hydrogen-bond acceptors (Lipinski definition) is 1. The molecule has 57 heavy (non-hydrogen) atoms. The molecule has 0 N–H and O–H groups in total. The van der Waals surface area contributed by atoms with Gasteiger partial charge in [0.05, 0.1) is 27.6 Å². The number of anilines is 2. The minimum Gasteiger partial charge on any atom is -0.317 e. The second-order valence-electron chi connectivity index (χ2n) is 14.7. The second-order valence-corrected chi connectivity index (χ2v) is 14.7. The lowest BCUT2D eigenvalue weighted by atomic mass is 10.0. The molecule has 0 unspecified atom stereocenters. The standard InChI is InChI=1S/C54H37N3/c1-37-45-18-8-11-21-50(45)57-52-23-13-10-20-47(52)49(54(37)57)34-35-55(42-29-24-39(25-30-42)38-14-4-2-5-15-38)43-31-26-40(27-32-43)41-28-33-48-46-19-9-12-22-51(46)56(53(48)36-41)44-16-6-3-7-17-44/h2-36H,1H2. The summed E-state index contributed by atoms with van der Waals surface area (Å²) in [6, 6.07) is 71.8. The maximum atomic E-state index is 4.60. The molecule has 268 valence electrons. The van der Waals surface area contributed by atoms with Gasteiger partial charge in [0.15, 0.2) is 0 Å². The van der Waals surface area contributed by atoms with Gasteiger partial charge in [-0.2, -0.15) is 0 Å². The molecule has 0 fully saturated rings. The van der Waals surface area contributed by atoms with E-state index in [0.29, 0.717) is 0 Å². The maximum absolute atomic E-state index is 4.60. The van der Waals surface area contributed by atoms with Crippen molar-refractivity contribution < 1.29 is 0 Å². The number of aromatic nitrogens is 2. The summed E-state index contributed by atoms with van der Waals surface area (Å²) in [5.74, 6) is 0. The van der Waals surface area contributed by atoms with Crippen molar-refractivity contribution >= 4 is 73.2 Å². The van der Waals surface area contributed by atoms with E-state index in [1.807, 2.05) is 0 Å². The Kier molecular flexibility index (Phi) is 7.65. The van der Waals surface area contributed by atoms with Gasteiger partial charge >= 0.3 is 0 Å². The molecule has 0 atom stereocenters. The maximum Gasteiger partial charge on any atom is 0.0615 e. The van der Waals surface area contributed by atoms with Gasteiger partial charge in [0.1, 0.15) is 0 Å². The Labute approximate surface area is 330 Å². The first kappa shape index (κ1) is 32.8. The molecule has 3 aromatic heterocycles. The summed E-state index contributed by atoms with van der Waals surface area (Å²) in [5, 5.41) is 5.94. The number of para-hydroxylation sites is 4. The van der Waals surface area contributed by atoms with Crippen LogP contribution in [-0.4, -0.2) is 8.97 Å². The molecule has 8 aromatic carbocycles. The lowest BCUT2D eigenvalue weighted by molar-refractivity contribution is 1.18. The highest BCUT2D eigenvalue weighted by Crippen LogP contribution is 2.37. The highest BCUT2D eigenvalue weighted by molar-refractivity contribution is 6.10.